The second-order valence-corrected chi connectivity index (χ2v) is 19.4. The van der Waals surface area contributed by atoms with Gasteiger partial charge >= 0.3 is 5.97 Å². The van der Waals surface area contributed by atoms with Crippen LogP contribution in [0.15, 0.2) is 85.1 Å². The van der Waals surface area contributed by atoms with E-state index in [1.165, 1.54) is 141 Å². The van der Waals surface area contributed by atoms with Crippen LogP contribution in [0.2, 0.25) is 0 Å². The van der Waals surface area contributed by atoms with E-state index < -0.39 is 18.2 Å². The largest absolute Gasteiger partial charge is 0.462 e. The third-order valence-corrected chi connectivity index (χ3v) is 12.8. The molecular formula is C62H109NO5. The van der Waals surface area contributed by atoms with Gasteiger partial charge in [-0.1, -0.05) is 254 Å². The summed E-state index contributed by atoms with van der Waals surface area (Å²) in [5.74, 6) is -0.574. The summed E-state index contributed by atoms with van der Waals surface area (Å²) in [6.45, 7) is 6.43. The third kappa shape index (κ3) is 49.5. The van der Waals surface area contributed by atoms with Crippen molar-refractivity contribution >= 4 is 11.9 Å². The van der Waals surface area contributed by atoms with Gasteiger partial charge in [-0.3, -0.25) is 9.59 Å². The smallest absolute Gasteiger partial charge is 0.306 e. The van der Waals surface area contributed by atoms with Crippen molar-refractivity contribution in [2.24, 2.45) is 0 Å². The summed E-state index contributed by atoms with van der Waals surface area (Å²) >= 11 is 0. The Kier molecular flexibility index (Phi) is 52.6. The number of ether oxygens (including phenoxy) is 1. The van der Waals surface area contributed by atoms with Crippen molar-refractivity contribution in [1.82, 2.24) is 5.32 Å². The molecule has 3 unspecified atom stereocenters. The summed E-state index contributed by atoms with van der Waals surface area (Å²) in [7, 11) is 0. The maximum atomic E-state index is 13.3. The topological polar surface area (TPSA) is 95.9 Å². The Labute approximate surface area is 421 Å². The van der Waals surface area contributed by atoms with Crippen LogP contribution in [0.5, 0.6) is 0 Å². The van der Waals surface area contributed by atoms with Gasteiger partial charge in [-0.2, -0.15) is 0 Å². The van der Waals surface area contributed by atoms with Gasteiger partial charge in [-0.05, 0) is 89.9 Å². The molecule has 3 atom stereocenters. The number of aliphatic hydroxyl groups excluding tert-OH is 2. The Balaban J connectivity index is 4.71. The monoisotopic (exact) mass is 948 g/mol. The zero-order chi connectivity index (χ0) is 49.5. The molecule has 0 aromatic rings. The van der Waals surface area contributed by atoms with Crippen LogP contribution in [-0.4, -0.2) is 46.9 Å². The van der Waals surface area contributed by atoms with E-state index in [0.717, 1.165) is 77.0 Å². The molecule has 0 bridgehead atoms. The Morgan fingerprint density at radius 3 is 1.29 bits per heavy atom. The second-order valence-electron chi connectivity index (χ2n) is 19.4. The first-order valence-electron chi connectivity index (χ1n) is 28.8. The van der Waals surface area contributed by atoms with Gasteiger partial charge in [0.15, 0.2) is 0 Å². The van der Waals surface area contributed by atoms with Gasteiger partial charge in [-0.25, -0.2) is 0 Å². The number of amides is 1. The number of aliphatic hydroxyl groups is 2. The number of hydrogen-bond donors (Lipinski definition) is 3. The molecule has 0 saturated heterocycles. The first-order chi connectivity index (χ1) is 33.5. The zero-order valence-corrected chi connectivity index (χ0v) is 44.7. The molecule has 0 spiro atoms. The lowest BCUT2D eigenvalue weighted by Gasteiger charge is -2.24. The minimum absolute atomic E-state index is 0.0299. The number of esters is 1. The molecule has 0 aliphatic carbocycles. The molecule has 6 nitrogen and oxygen atoms in total. The first-order valence-corrected chi connectivity index (χ1v) is 28.8. The minimum atomic E-state index is -0.811. The van der Waals surface area contributed by atoms with Crippen molar-refractivity contribution in [3.05, 3.63) is 85.1 Å². The van der Waals surface area contributed by atoms with Crippen molar-refractivity contribution < 1.29 is 24.5 Å². The average Bonchev–Trinajstić information content (AvgIpc) is 3.33. The number of carbonyl (C=O) groups is 2. The molecule has 0 aromatic heterocycles. The molecule has 0 heterocycles. The van der Waals surface area contributed by atoms with Crippen molar-refractivity contribution in [2.45, 2.75) is 289 Å². The van der Waals surface area contributed by atoms with Gasteiger partial charge in [0.05, 0.1) is 25.2 Å². The van der Waals surface area contributed by atoms with Crippen molar-refractivity contribution in [3.63, 3.8) is 0 Å². The quantitative estimate of drug-likeness (QED) is 0.0244. The average molecular weight is 949 g/mol. The molecule has 0 radical (unpaired) electrons. The molecule has 6 heteroatoms. The second kappa shape index (κ2) is 55.0. The highest BCUT2D eigenvalue weighted by Gasteiger charge is 2.24. The Morgan fingerprint density at radius 1 is 0.441 bits per heavy atom. The summed E-state index contributed by atoms with van der Waals surface area (Å²) in [4.78, 5) is 26.2. The van der Waals surface area contributed by atoms with E-state index in [1.54, 1.807) is 0 Å². The Bertz CT molecular complexity index is 1290. The Hall–Kier alpha value is -2.96. The number of rotatable bonds is 51. The molecule has 0 fully saturated rings. The summed E-state index contributed by atoms with van der Waals surface area (Å²) in [6.07, 6.45) is 72.2. The summed E-state index contributed by atoms with van der Waals surface area (Å²) in [5.41, 5.74) is 0. The van der Waals surface area contributed by atoms with E-state index in [2.05, 4.69) is 111 Å². The Morgan fingerprint density at radius 2 is 0.809 bits per heavy atom. The van der Waals surface area contributed by atoms with Gasteiger partial charge in [0.2, 0.25) is 5.91 Å². The summed E-state index contributed by atoms with van der Waals surface area (Å²) in [5, 5.41) is 23.9. The van der Waals surface area contributed by atoms with Gasteiger partial charge in [0, 0.05) is 6.42 Å². The van der Waals surface area contributed by atoms with Crippen LogP contribution >= 0.6 is 0 Å². The molecular weight excluding hydrogens is 839 g/mol. The molecule has 68 heavy (non-hydrogen) atoms. The number of nitrogens with one attached hydrogen (secondary N) is 1. The predicted octanol–water partition coefficient (Wildman–Crippen LogP) is 17.9. The molecule has 0 rings (SSSR count). The maximum absolute atomic E-state index is 13.3. The molecule has 392 valence electrons. The summed E-state index contributed by atoms with van der Waals surface area (Å²) in [6, 6.07) is -0.729. The van der Waals surface area contributed by atoms with Crippen LogP contribution < -0.4 is 5.32 Å². The normalized spacial score (nSPS) is 13.8. The van der Waals surface area contributed by atoms with Crippen LogP contribution in [0, 0.1) is 0 Å². The minimum Gasteiger partial charge on any atom is -0.462 e. The van der Waals surface area contributed by atoms with Crippen LogP contribution in [0.25, 0.3) is 0 Å². The number of carbonyl (C=O) groups excluding carboxylic acids is 2. The lowest BCUT2D eigenvalue weighted by molar-refractivity contribution is -0.151. The fourth-order valence-corrected chi connectivity index (χ4v) is 8.37. The predicted molar refractivity (Wildman–Crippen MR) is 296 cm³/mol. The molecule has 3 N–H and O–H groups in total. The summed E-state index contributed by atoms with van der Waals surface area (Å²) < 4.78 is 5.91. The molecule has 0 aromatic carbocycles. The fraction of sp³-hybridized carbons (Fsp3) is 0.742. The van der Waals surface area contributed by atoms with Crippen LogP contribution in [0.1, 0.15) is 271 Å². The third-order valence-electron chi connectivity index (χ3n) is 12.8. The van der Waals surface area contributed by atoms with Crippen LogP contribution in [0.3, 0.4) is 0 Å². The van der Waals surface area contributed by atoms with E-state index in [0.29, 0.717) is 25.7 Å². The fourth-order valence-electron chi connectivity index (χ4n) is 8.37. The SMILES string of the molecule is CCCCC/C=C\C/C=C\C/C=C\C/C=C\CCCC(=O)OC(CCCCC/C=C/C=C/C=C/CCCCCCC)CC(=O)NC(CO)C(O)CCCCCCCCCCCCCCCCCC. The lowest BCUT2D eigenvalue weighted by atomic mass is 10.0. The maximum Gasteiger partial charge on any atom is 0.306 e. The van der Waals surface area contributed by atoms with E-state index in [-0.39, 0.29) is 24.9 Å². The zero-order valence-electron chi connectivity index (χ0n) is 44.7. The first kappa shape index (κ1) is 65.0. The van der Waals surface area contributed by atoms with Crippen molar-refractivity contribution in [2.75, 3.05) is 6.61 Å². The van der Waals surface area contributed by atoms with Crippen LogP contribution in [-0.2, 0) is 14.3 Å². The lowest BCUT2D eigenvalue weighted by Crippen LogP contribution is -2.46. The van der Waals surface area contributed by atoms with E-state index in [9.17, 15) is 19.8 Å². The van der Waals surface area contributed by atoms with Crippen LogP contribution in [0.4, 0.5) is 0 Å². The van der Waals surface area contributed by atoms with E-state index >= 15 is 0 Å². The highest BCUT2D eigenvalue weighted by atomic mass is 16.5. The van der Waals surface area contributed by atoms with Crippen molar-refractivity contribution in [3.8, 4) is 0 Å². The van der Waals surface area contributed by atoms with E-state index in [1.807, 2.05) is 0 Å². The highest BCUT2D eigenvalue weighted by Crippen LogP contribution is 2.17. The van der Waals surface area contributed by atoms with Gasteiger partial charge in [0.1, 0.15) is 6.10 Å². The highest BCUT2D eigenvalue weighted by molar-refractivity contribution is 5.77. The molecule has 0 aliphatic rings. The number of unbranched alkanes of at least 4 members (excludes halogenated alkanes) is 27. The molecule has 1 amide bonds. The van der Waals surface area contributed by atoms with Gasteiger partial charge in [0.25, 0.3) is 0 Å². The number of hydrogen-bond acceptors (Lipinski definition) is 5. The number of allylic oxidation sites excluding steroid dienone is 14. The van der Waals surface area contributed by atoms with Crippen molar-refractivity contribution in [1.29, 1.82) is 0 Å². The van der Waals surface area contributed by atoms with Gasteiger partial charge in [-0.15, -0.1) is 0 Å². The standard InChI is InChI=1S/C62H109NO5/c1-4-7-10-13-16-19-22-25-28-31-34-37-40-43-46-49-52-55-62(67)68-58(53-50-47-44-41-38-35-32-29-26-23-20-17-14-11-8-5-2)56-61(66)63-59(57-64)60(65)54-51-48-45-42-39-36-33-30-27-24-21-18-15-12-9-6-3/h16,19,23,25-26,28-29,32,34-35,37-38,43,46,58-60,64-65H,4-15,17-18,20-22,24,27,30-31,33,36,39-42,44-45,47-57H2,1-3H3,(H,63,66)/b19-16-,26-23+,28-25-,32-29+,37-34-,38-35+,46-43-. The molecule has 0 aliphatic heterocycles. The van der Waals surface area contributed by atoms with E-state index in [4.69, 9.17) is 4.74 Å². The molecule has 0 saturated carbocycles. The van der Waals surface area contributed by atoms with Gasteiger partial charge < -0.3 is 20.3 Å².